The van der Waals surface area contributed by atoms with E-state index in [9.17, 15) is 8.42 Å². The number of anilines is 2. The van der Waals surface area contributed by atoms with Crippen molar-refractivity contribution in [3.8, 4) is 0 Å². The SMILES string of the molecule is C/C=C(\c1ccccc1)c1ccc(NS(=O)(=O)N(C)C)c(N)c1. The Bertz CT molecular complexity index is 813. The molecule has 0 aliphatic heterocycles. The number of rotatable bonds is 5. The third-order valence-electron chi connectivity index (χ3n) is 3.46. The van der Waals surface area contributed by atoms with E-state index in [0.717, 1.165) is 21.0 Å². The number of nitrogen functional groups attached to an aromatic ring is 1. The van der Waals surface area contributed by atoms with Gasteiger partial charge in [0.2, 0.25) is 0 Å². The summed E-state index contributed by atoms with van der Waals surface area (Å²) in [6, 6.07) is 15.3. The van der Waals surface area contributed by atoms with Crippen LogP contribution in [-0.2, 0) is 10.2 Å². The van der Waals surface area contributed by atoms with Gasteiger partial charge in [-0.15, -0.1) is 0 Å². The number of benzene rings is 2. The first kappa shape index (κ1) is 17.1. The number of hydrogen-bond acceptors (Lipinski definition) is 3. The van der Waals surface area contributed by atoms with Gasteiger partial charge < -0.3 is 5.73 Å². The Morgan fingerprint density at radius 1 is 1.09 bits per heavy atom. The fraction of sp³-hybridized carbons (Fsp3) is 0.176. The standard InChI is InChI=1S/C17H21N3O2S/c1-4-15(13-8-6-5-7-9-13)14-10-11-17(16(18)12-14)19-23(21,22)20(2)3/h4-12,19H,18H2,1-3H3/b15-4+. The lowest BCUT2D eigenvalue weighted by Gasteiger charge is -2.16. The lowest BCUT2D eigenvalue weighted by atomic mass is 9.97. The Kier molecular flexibility index (Phi) is 5.08. The molecular weight excluding hydrogens is 310 g/mol. The van der Waals surface area contributed by atoms with Gasteiger partial charge in [0, 0.05) is 14.1 Å². The summed E-state index contributed by atoms with van der Waals surface area (Å²) in [6.07, 6.45) is 2.01. The fourth-order valence-electron chi connectivity index (χ4n) is 2.17. The van der Waals surface area contributed by atoms with E-state index in [-0.39, 0.29) is 0 Å². The summed E-state index contributed by atoms with van der Waals surface area (Å²) in [4.78, 5) is 0. The highest BCUT2D eigenvalue weighted by Gasteiger charge is 2.15. The molecule has 0 aliphatic carbocycles. The van der Waals surface area contributed by atoms with Gasteiger partial charge in [0.15, 0.2) is 0 Å². The van der Waals surface area contributed by atoms with Gasteiger partial charge >= 0.3 is 10.2 Å². The molecular formula is C17H21N3O2S. The first-order chi connectivity index (χ1) is 10.8. The van der Waals surface area contributed by atoms with Gasteiger partial charge in [0.25, 0.3) is 0 Å². The van der Waals surface area contributed by atoms with Crippen LogP contribution in [0.25, 0.3) is 5.57 Å². The molecule has 0 unspecified atom stereocenters. The van der Waals surface area contributed by atoms with E-state index in [2.05, 4.69) is 4.72 Å². The van der Waals surface area contributed by atoms with Crippen molar-refractivity contribution in [1.29, 1.82) is 0 Å². The molecule has 5 nitrogen and oxygen atoms in total. The predicted molar refractivity (Wildman–Crippen MR) is 96.3 cm³/mol. The lowest BCUT2D eigenvalue weighted by Crippen LogP contribution is -2.29. The molecule has 0 bridgehead atoms. The van der Waals surface area contributed by atoms with Crippen LogP contribution < -0.4 is 10.5 Å². The van der Waals surface area contributed by atoms with Crippen LogP contribution >= 0.6 is 0 Å². The molecule has 0 radical (unpaired) electrons. The van der Waals surface area contributed by atoms with E-state index in [1.807, 2.05) is 49.4 Å². The summed E-state index contributed by atoms with van der Waals surface area (Å²) in [5.41, 5.74) is 9.83. The quantitative estimate of drug-likeness (QED) is 0.827. The van der Waals surface area contributed by atoms with Gasteiger partial charge in [-0.2, -0.15) is 12.7 Å². The third kappa shape index (κ3) is 3.91. The first-order valence-corrected chi connectivity index (χ1v) is 8.61. The van der Waals surface area contributed by atoms with Crippen LogP contribution in [0.15, 0.2) is 54.6 Å². The number of allylic oxidation sites excluding steroid dienone is 1. The molecule has 6 heteroatoms. The van der Waals surface area contributed by atoms with Crippen LogP contribution in [-0.4, -0.2) is 26.8 Å². The van der Waals surface area contributed by atoms with Gasteiger partial charge in [-0.05, 0) is 35.8 Å². The van der Waals surface area contributed by atoms with E-state index in [0.29, 0.717) is 11.4 Å². The molecule has 23 heavy (non-hydrogen) atoms. The maximum Gasteiger partial charge on any atom is 0.301 e. The molecule has 0 heterocycles. The predicted octanol–water partition coefficient (Wildman–Crippen LogP) is 2.94. The van der Waals surface area contributed by atoms with Crippen LogP contribution in [0.5, 0.6) is 0 Å². The third-order valence-corrected chi connectivity index (χ3v) is 4.89. The molecule has 122 valence electrons. The largest absolute Gasteiger partial charge is 0.397 e. The van der Waals surface area contributed by atoms with Crippen molar-refractivity contribution < 1.29 is 8.42 Å². The van der Waals surface area contributed by atoms with E-state index < -0.39 is 10.2 Å². The van der Waals surface area contributed by atoms with Gasteiger partial charge in [-0.25, -0.2) is 0 Å². The molecule has 3 N–H and O–H groups in total. The van der Waals surface area contributed by atoms with Crippen molar-refractivity contribution in [2.24, 2.45) is 0 Å². The van der Waals surface area contributed by atoms with Crippen LogP contribution in [0, 0.1) is 0 Å². The minimum Gasteiger partial charge on any atom is -0.397 e. The molecule has 2 aromatic carbocycles. The number of nitrogens with zero attached hydrogens (tertiary/aromatic N) is 1. The summed E-state index contributed by atoms with van der Waals surface area (Å²) in [5.74, 6) is 0. The zero-order valence-electron chi connectivity index (χ0n) is 13.4. The normalized spacial score (nSPS) is 12.4. The first-order valence-electron chi connectivity index (χ1n) is 7.17. The Hall–Kier alpha value is -2.31. The molecule has 0 aliphatic rings. The molecule has 2 aromatic rings. The summed E-state index contributed by atoms with van der Waals surface area (Å²) in [5, 5.41) is 0. The highest BCUT2D eigenvalue weighted by atomic mass is 32.2. The highest BCUT2D eigenvalue weighted by molar-refractivity contribution is 7.90. The summed E-state index contributed by atoms with van der Waals surface area (Å²) < 4.78 is 27.4. The van der Waals surface area contributed by atoms with Crippen LogP contribution in [0.1, 0.15) is 18.1 Å². The molecule has 0 aromatic heterocycles. The lowest BCUT2D eigenvalue weighted by molar-refractivity contribution is 0.527. The molecule has 2 rings (SSSR count). The zero-order chi connectivity index (χ0) is 17.0. The molecule has 0 fully saturated rings. The highest BCUT2D eigenvalue weighted by Crippen LogP contribution is 2.29. The Balaban J connectivity index is 2.36. The van der Waals surface area contributed by atoms with Crippen molar-refractivity contribution >= 4 is 27.2 Å². The minimum atomic E-state index is -3.58. The van der Waals surface area contributed by atoms with E-state index in [1.54, 1.807) is 12.1 Å². The Morgan fingerprint density at radius 2 is 1.74 bits per heavy atom. The van der Waals surface area contributed by atoms with Gasteiger partial charge in [-0.1, -0.05) is 42.5 Å². The molecule has 0 atom stereocenters. The molecule has 0 amide bonds. The van der Waals surface area contributed by atoms with Gasteiger partial charge in [0.1, 0.15) is 0 Å². The van der Waals surface area contributed by atoms with Crippen molar-refractivity contribution in [3.63, 3.8) is 0 Å². The second-order valence-electron chi connectivity index (χ2n) is 5.26. The number of hydrogen-bond donors (Lipinski definition) is 2. The van der Waals surface area contributed by atoms with Crippen molar-refractivity contribution in [2.75, 3.05) is 24.6 Å². The average Bonchev–Trinajstić information content (AvgIpc) is 2.51. The second kappa shape index (κ2) is 6.85. The monoisotopic (exact) mass is 331 g/mol. The maximum atomic E-state index is 11.9. The Labute approximate surface area is 137 Å². The summed E-state index contributed by atoms with van der Waals surface area (Å²) in [7, 11) is -0.659. The van der Waals surface area contributed by atoms with Crippen molar-refractivity contribution in [2.45, 2.75) is 6.92 Å². The van der Waals surface area contributed by atoms with Gasteiger partial charge in [0.05, 0.1) is 11.4 Å². The topological polar surface area (TPSA) is 75.4 Å². The number of nitrogens with two attached hydrogens (primary N) is 1. The van der Waals surface area contributed by atoms with Crippen molar-refractivity contribution in [1.82, 2.24) is 4.31 Å². The van der Waals surface area contributed by atoms with E-state index in [1.165, 1.54) is 14.1 Å². The number of nitrogens with one attached hydrogen (secondary N) is 1. The Morgan fingerprint density at radius 3 is 2.26 bits per heavy atom. The van der Waals surface area contributed by atoms with Crippen LogP contribution in [0.3, 0.4) is 0 Å². The molecule has 0 saturated carbocycles. The van der Waals surface area contributed by atoms with E-state index >= 15 is 0 Å². The fourth-order valence-corrected chi connectivity index (χ4v) is 2.82. The second-order valence-corrected chi connectivity index (χ2v) is 7.14. The van der Waals surface area contributed by atoms with Crippen LogP contribution in [0.2, 0.25) is 0 Å². The smallest absolute Gasteiger partial charge is 0.301 e. The zero-order valence-corrected chi connectivity index (χ0v) is 14.3. The summed E-state index contributed by atoms with van der Waals surface area (Å²) in [6.45, 7) is 1.96. The maximum absolute atomic E-state index is 11.9. The minimum absolute atomic E-state index is 0.367. The van der Waals surface area contributed by atoms with Crippen molar-refractivity contribution in [3.05, 3.63) is 65.7 Å². The summed E-state index contributed by atoms with van der Waals surface area (Å²) >= 11 is 0. The molecule has 0 saturated heterocycles. The van der Waals surface area contributed by atoms with Crippen LogP contribution in [0.4, 0.5) is 11.4 Å². The molecule has 0 spiro atoms. The van der Waals surface area contributed by atoms with E-state index in [4.69, 9.17) is 5.73 Å². The average molecular weight is 331 g/mol. The van der Waals surface area contributed by atoms with Gasteiger partial charge in [-0.3, -0.25) is 4.72 Å².